The van der Waals surface area contributed by atoms with Gasteiger partial charge in [-0.25, -0.2) is 0 Å². The van der Waals surface area contributed by atoms with E-state index in [-0.39, 0.29) is 16.8 Å². The minimum Gasteiger partial charge on any atom is -0.356 e. The molecule has 0 aromatic carbocycles. The van der Waals surface area contributed by atoms with Gasteiger partial charge in [-0.1, -0.05) is 12.1 Å². The molecule has 113 valence electrons. The molecule has 0 saturated carbocycles. The van der Waals surface area contributed by atoms with Crippen LogP contribution < -0.4 is 0 Å². The monoisotopic (exact) mass is 340 g/mol. The fourth-order valence-corrected chi connectivity index (χ4v) is 0.968. The standard InChI is InChI=1S/C10H8N2.Co.2NO3/c1-3-7-11-9(5-1)10-6-2-4-8-12-10;;2*2-1(3)4/h1-8H;;;/q;+2;2*-1/i5D;;;. The number of nitrogens with zero attached hydrogens (tertiary/aromatic N) is 4. The zero-order valence-corrected chi connectivity index (χ0v) is 11.2. The molecule has 10 nitrogen and oxygen atoms in total. The van der Waals surface area contributed by atoms with E-state index in [1.54, 1.807) is 24.5 Å². The topological polar surface area (TPSA) is 158 Å². The molecule has 0 aliphatic heterocycles. The Morgan fingerprint density at radius 2 is 1.29 bits per heavy atom. The Balaban J connectivity index is 0. The van der Waals surface area contributed by atoms with Crippen molar-refractivity contribution in [1.29, 1.82) is 0 Å². The molecule has 2 aromatic rings. The Kier molecular flexibility index (Phi) is 10.6. The minimum atomic E-state index is -1.75. The maximum absolute atomic E-state index is 8.25. The van der Waals surface area contributed by atoms with Gasteiger partial charge in [-0.15, -0.1) is 0 Å². The summed E-state index contributed by atoms with van der Waals surface area (Å²) in [5, 5.41) is 29.5. The zero-order chi connectivity index (χ0) is 16.3. The zero-order valence-electron chi connectivity index (χ0n) is 11.1. The first-order chi connectivity index (χ1) is 9.84. The predicted molar refractivity (Wildman–Crippen MR) is 68.2 cm³/mol. The van der Waals surface area contributed by atoms with Crippen LogP contribution in [0.15, 0.2) is 48.8 Å². The Morgan fingerprint density at radius 1 is 0.857 bits per heavy atom. The van der Waals surface area contributed by atoms with Crippen molar-refractivity contribution in [1.82, 2.24) is 9.97 Å². The van der Waals surface area contributed by atoms with E-state index in [2.05, 4.69) is 9.97 Å². The van der Waals surface area contributed by atoms with E-state index in [9.17, 15) is 0 Å². The molecule has 2 aromatic heterocycles. The third kappa shape index (κ3) is 13.4. The quantitative estimate of drug-likeness (QED) is 0.560. The van der Waals surface area contributed by atoms with Crippen molar-refractivity contribution in [2.75, 3.05) is 0 Å². The molecule has 0 aliphatic rings. The Morgan fingerprint density at radius 3 is 1.67 bits per heavy atom. The molecule has 0 saturated heterocycles. The first kappa shape index (κ1) is 18.2. The molecule has 0 atom stereocenters. The average molecular weight is 340 g/mol. The third-order valence-corrected chi connectivity index (χ3v) is 1.51. The van der Waals surface area contributed by atoms with Gasteiger partial charge >= 0.3 is 16.8 Å². The maximum Gasteiger partial charge on any atom is 2.00 e. The van der Waals surface area contributed by atoms with Gasteiger partial charge in [0.05, 0.1) is 22.9 Å². The number of hydrogen-bond donors (Lipinski definition) is 0. The van der Waals surface area contributed by atoms with Crippen LogP contribution in [0.2, 0.25) is 0 Å². The molecule has 0 fully saturated rings. The summed E-state index contributed by atoms with van der Waals surface area (Å²) in [5.41, 5.74) is 1.37. The van der Waals surface area contributed by atoms with Crippen LogP contribution in [0.5, 0.6) is 0 Å². The second-order valence-electron chi connectivity index (χ2n) is 2.79. The summed E-state index contributed by atoms with van der Waals surface area (Å²) >= 11 is 0. The van der Waals surface area contributed by atoms with Crippen molar-refractivity contribution in [3.63, 3.8) is 0 Å². The molecule has 0 N–H and O–H groups in total. The van der Waals surface area contributed by atoms with Crippen LogP contribution in [-0.4, -0.2) is 20.1 Å². The second kappa shape index (κ2) is 12.3. The molecule has 11 heteroatoms. The molecular weight excluding hydrogens is 331 g/mol. The van der Waals surface area contributed by atoms with Crippen LogP contribution in [-0.2, 0) is 16.8 Å². The molecular formula is C10H8CoN4O6. The van der Waals surface area contributed by atoms with Gasteiger partial charge in [0.15, 0.2) is 0 Å². The van der Waals surface area contributed by atoms with Gasteiger partial charge in [0.25, 0.3) is 0 Å². The predicted octanol–water partition coefficient (Wildman–Crippen LogP) is 1.66. The van der Waals surface area contributed by atoms with Crippen molar-refractivity contribution in [2.24, 2.45) is 0 Å². The van der Waals surface area contributed by atoms with Gasteiger partial charge < -0.3 is 30.6 Å². The molecule has 0 aliphatic carbocycles. The first-order valence-electron chi connectivity index (χ1n) is 5.30. The number of hydrogen-bond acceptors (Lipinski definition) is 8. The van der Waals surface area contributed by atoms with E-state index < -0.39 is 10.2 Å². The Bertz CT molecular complexity index is 569. The first-order valence-corrected chi connectivity index (χ1v) is 4.80. The van der Waals surface area contributed by atoms with E-state index in [0.717, 1.165) is 5.69 Å². The van der Waals surface area contributed by atoms with Crippen molar-refractivity contribution in [3.05, 3.63) is 79.4 Å². The number of pyridine rings is 2. The molecule has 21 heavy (non-hydrogen) atoms. The number of rotatable bonds is 1. The molecule has 0 amide bonds. The van der Waals surface area contributed by atoms with Crippen LogP contribution in [0, 0.1) is 30.6 Å². The summed E-state index contributed by atoms with van der Waals surface area (Å²) in [4.78, 5) is 24.7. The van der Waals surface area contributed by atoms with E-state index in [1.165, 1.54) is 0 Å². The molecule has 0 spiro atoms. The SMILES string of the molecule is O=[N+]([O-])[O-].O=[N+]([O-])[O-].[2H]c1cccnc1-c1ccccn1.[Co+2]. The van der Waals surface area contributed by atoms with Crippen molar-refractivity contribution < 1.29 is 28.3 Å². The van der Waals surface area contributed by atoms with Crippen LogP contribution >= 0.6 is 0 Å². The normalized spacial score (nSPS) is 8.48. The molecule has 2 heterocycles. The van der Waals surface area contributed by atoms with Crippen molar-refractivity contribution >= 4 is 0 Å². The van der Waals surface area contributed by atoms with Crippen LogP contribution in [0.3, 0.4) is 0 Å². The molecule has 0 unspecified atom stereocenters. The Hall–Kier alpha value is -2.79. The van der Waals surface area contributed by atoms with Crippen LogP contribution in [0.4, 0.5) is 0 Å². The fourth-order valence-electron chi connectivity index (χ4n) is 0.968. The van der Waals surface area contributed by atoms with Crippen molar-refractivity contribution in [2.45, 2.75) is 0 Å². The van der Waals surface area contributed by atoms with E-state index in [4.69, 9.17) is 32.0 Å². The fraction of sp³-hybridized carbons (Fsp3) is 0. The molecule has 0 bridgehead atoms. The second-order valence-corrected chi connectivity index (χ2v) is 2.79. The molecule has 2 rings (SSSR count). The summed E-state index contributed by atoms with van der Waals surface area (Å²) in [6.07, 6.45) is 3.37. The Labute approximate surface area is 129 Å². The largest absolute Gasteiger partial charge is 2.00 e. The minimum absolute atomic E-state index is 0. The van der Waals surface area contributed by atoms with E-state index in [0.29, 0.717) is 11.7 Å². The summed E-state index contributed by atoms with van der Waals surface area (Å²) in [6, 6.07) is 9.43. The van der Waals surface area contributed by atoms with Gasteiger partial charge in [-0.2, -0.15) is 0 Å². The van der Waals surface area contributed by atoms with Gasteiger partial charge in [0.1, 0.15) is 0 Å². The smallest absolute Gasteiger partial charge is 0.356 e. The van der Waals surface area contributed by atoms with Gasteiger partial charge in [-0.05, 0) is 24.2 Å². The molecule has 1 radical (unpaired) electrons. The summed E-state index contributed by atoms with van der Waals surface area (Å²) in [7, 11) is 0. The summed E-state index contributed by atoms with van der Waals surface area (Å²) in [5.74, 6) is 0. The van der Waals surface area contributed by atoms with Gasteiger partial charge in [0, 0.05) is 12.4 Å². The van der Waals surface area contributed by atoms with Gasteiger partial charge in [0.2, 0.25) is 0 Å². The maximum atomic E-state index is 8.25. The van der Waals surface area contributed by atoms with Crippen molar-refractivity contribution in [3.8, 4) is 11.4 Å². The average Bonchev–Trinajstić information content (AvgIpc) is 2.39. The van der Waals surface area contributed by atoms with Crippen LogP contribution in [0.1, 0.15) is 1.37 Å². The van der Waals surface area contributed by atoms with Gasteiger partial charge in [-0.3, -0.25) is 9.97 Å². The van der Waals surface area contributed by atoms with E-state index in [1.807, 2.05) is 18.2 Å². The van der Waals surface area contributed by atoms with Crippen LogP contribution in [0.25, 0.3) is 11.4 Å². The summed E-state index contributed by atoms with van der Waals surface area (Å²) < 4.78 is 7.61. The van der Waals surface area contributed by atoms with E-state index >= 15 is 0 Å². The third-order valence-electron chi connectivity index (χ3n) is 1.51. The number of aromatic nitrogens is 2. The summed E-state index contributed by atoms with van der Waals surface area (Å²) in [6.45, 7) is 0.